The maximum atomic E-state index is 13.3. The van der Waals surface area contributed by atoms with Gasteiger partial charge in [0, 0.05) is 7.05 Å². The highest BCUT2D eigenvalue weighted by molar-refractivity contribution is 7.92. The van der Waals surface area contributed by atoms with E-state index >= 15 is 0 Å². The van der Waals surface area contributed by atoms with E-state index in [0.717, 1.165) is 22.7 Å². The summed E-state index contributed by atoms with van der Waals surface area (Å²) in [6.45, 7) is 3.07. The predicted molar refractivity (Wildman–Crippen MR) is 118 cm³/mol. The molecule has 0 fully saturated rings. The lowest BCUT2D eigenvalue weighted by Crippen LogP contribution is -2.45. The summed E-state index contributed by atoms with van der Waals surface area (Å²) in [6.07, 6.45) is 0.955. The monoisotopic (exact) mass is 446 g/mol. The fourth-order valence-corrected chi connectivity index (χ4v) is 4.51. The number of sulfonamides is 1. The average molecular weight is 447 g/mol. The number of para-hydroxylation sites is 1. The summed E-state index contributed by atoms with van der Waals surface area (Å²) in [4.78, 5) is 26.0. The molecule has 0 aliphatic rings. The second-order valence-electron chi connectivity index (χ2n) is 7.14. The van der Waals surface area contributed by atoms with Crippen molar-refractivity contribution in [3.63, 3.8) is 0 Å². The molecule has 8 nitrogen and oxygen atoms in total. The van der Waals surface area contributed by atoms with Gasteiger partial charge in [-0.05, 0) is 50.2 Å². The number of carbonyl (C=O) groups excluding carboxylic acids is 1. The van der Waals surface area contributed by atoms with Crippen LogP contribution in [0, 0.1) is 12.7 Å². The Bertz CT molecular complexity index is 1270. The number of aromatic nitrogens is 2. The number of benzene rings is 2. The van der Waals surface area contributed by atoms with E-state index in [9.17, 15) is 22.4 Å². The molecular weight excluding hydrogens is 423 g/mol. The largest absolute Gasteiger partial charge is 0.318 e. The number of rotatable bonds is 6. The van der Waals surface area contributed by atoms with Gasteiger partial charge in [0.2, 0.25) is 15.9 Å². The molecule has 3 rings (SSSR count). The summed E-state index contributed by atoms with van der Waals surface area (Å²) in [5.41, 5.74) is 0.867. The third-order valence-electron chi connectivity index (χ3n) is 4.97. The van der Waals surface area contributed by atoms with Gasteiger partial charge in [0.05, 0.1) is 23.3 Å². The van der Waals surface area contributed by atoms with Crippen LogP contribution in [0.15, 0.2) is 59.4 Å². The van der Waals surface area contributed by atoms with E-state index in [1.165, 1.54) is 23.7 Å². The Balaban J connectivity index is 1.97. The summed E-state index contributed by atoms with van der Waals surface area (Å²) < 4.78 is 41.9. The molecule has 0 saturated heterocycles. The number of hydrogen-bond acceptors (Lipinski definition) is 4. The van der Waals surface area contributed by atoms with E-state index in [2.05, 4.69) is 5.32 Å². The number of carbonyl (C=O) groups is 1. The Labute approximate surface area is 179 Å². The highest BCUT2D eigenvalue weighted by atomic mass is 32.2. The molecule has 1 N–H and O–H groups in total. The molecule has 10 heteroatoms. The van der Waals surface area contributed by atoms with Crippen molar-refractivity contribution in [3.8, 4) is 5.69 Å². The van der Waals surface area contributed by atoms with Crippen molar-refractivity contribution in [2.75, 3.05) is 15.9 Å². The summed E-state index contributed by atoms with van der Waals surface area (Å²) >= 11 is 0. The van der Waals surface area contributed by atoms with Crippen LogP contribution >= 0.6 is 0 Å². The van der Waals surface area contributed by atoms with Crippen molar-refractivity contribution in [2.24, 2.45) is 7.05 Å². The SMILES string of the molecule is Cc1c(NC(=O)[C@@H](C)N(c2ccc(F)cc2)S(C)(=O)=O)c(=O)n(-c2ccccc2)n1C. The third kappa shape index (κ3) is 4.38. The molecule has 2 aromatic carbocycles. The Morgan fingerprint density at radius 1 is 1.10 bits per heavy atom. The number of amides is 1. The number of nitrogens with zero attached hydrogens (tertiary/aromatic N) is 3. The van der Waals surface area contributed by atoms with Crippen LogP contribution in [0.25, 0.3) is 5.69 Å². The van der Waals surface area contributed by atoms with Gasteiger partial charge in [0.15, 0.2) is 0 Å². The van der Waals surface area contributed by atoms with Crippen LogP contribution in [-0.4, -0.2) is 36.0 Å². The number of halogens is 1. The number of anilines is 2. The van der Waals surface area contributed by atoms with Crippen LogP contribution < -0.4 is 15.2 Å². The quantitative estimate of drug-likeness (QED) is 0.629. The molecule has 0 unspecified atom stereocenters. The summed E-state index contributed by atoms with van der Waals surface area (Å²) in [5.74, 6) is -1.23. The highest BCUT2D eigenvalue weighted by Gasteiger charge is 2.30. The van der Waals surface area contributed by atoms with Gasteiger partial charge in [-0.1, -0.05) is 18.2 Å². The summed E-state index contributed by atoms with van der Waals surface area (Å²) in [5, 5.41) is 2.57. The second-order valence-corrected chi connectivity index (χ2v) is 9.00. The standard InChI is InChI=1S/C21H23FN4O4S/c1-14-19(21(28)25(24(14)3)17-8-6-5-7-9-17)23-20(27)15(2)26(31(4,29)30)18-12-10-16(22)11-13-18/h5-13,15H,1-4H3,(H,23,27)/t15-/m1/s1. The minimum absolute atomic E-state index is 0.0516. The van der Waals surface area contributed by atoms with E-state index in [0.29, 0.717) is 11.4 Å². The van der Waals surface area contributed by atoms with Crippen LogP contribution in [0.1, 0.15) is 12.6 Å². The fourth-order valence-electron chi connectivity index (χ4n) is 3.34. The molecular formula is C21H23FN4O4S. The Morgan fingerprint density at radius 3 is 2.23 bits per heavy atom. The van der Waals surface area contributed by atoms with Crippen molar-refractivity contribution in [1.82, 2.24) is 9.36 Å². The average Bonchev–Trinajstić information content (AvgIpc) is 2.92. The van der Waals surface area contributed by atoms with Gasteiger partial charge in [0.1, 0.15) is 17.5 Å². The first-order valence-electron chi connectivity index (χ1n) is 9.42. The lowest BCUT2D eigenvalue weighted by molar-refractivity contribution is -0.116. The first kappa shape index (κ1) is 22.3. The van der Waals surface area contributed by atoms with Crippen LogP contribution in [-0.2, 0) is 21.9 Å². The Hall–Kier alpha value is -3.40. The fraction of sp³-hybridized carbons (Fsp3) is 0.238. The molecule has 0 radical (unpaired) electrons. The van der Waals surface area contributed by atoms with Crippen molar-refractivity contribution < 1.29 is 17.6 Å². The van der Waals surface area contributed by atoms with Crippen molar-refractivity contribution in [3.05, 3.63) is 76.5 Å². The minimum Gasteiger partial charge on any atom is -0.318 e. The van der Waals surface area contributed by atoms with E-state index in [-0.39, 0.29) is 11.4 Å². The van der Waals surface area contributed by atoms with E-state index in [1.807, 2.05) is 6.07 Å². The predicted octanol–water partition coefficient (Wildman–Crippen LogP) is 2.42. The Morgan fingerprint density at radius 2 is 1.68 bits per heavy atom. The van der Waals surface area contributed by atoms with Crippen molar-refractivity contribution in [2.45, 2.75) is 19.9 Å². The first-order chi connectivity index (χ1) is 14.5. The zero-order valence-electron chi connectivity index (χ0n) is 17.5. The van der Waals surface area contributed by atoms with Crippen LogP contribution in [0.4, 0.5) is 15.8 Å². The molecule has 0 bridgehead atoms. The van der Waals surface area contributed by atoms with Gasteiger partial charge in [-0.15, -0.1) is 0 Å². The molecule has 1 heterocycles. The number of nitrogens with one attached hydrogen (secondary N) is 1. The molecule has 1 atom stereocenters. The third-order valence-corrected chi connectivity index (χ3v) is 6.21. The van der Waals surface area contributed by atoms with Gasteiger partial charge in [0.25, 0.3) is 5.56 Å². The molecule has 3 aromatic rings. The first-order valence-corrected chi connectivity index (χ1v) is 11.3. The van der Waals surface area contributed by atoms with Gasteiger partial charge in [-0.25, -0.2) is 17.5 Å². The van der Waals surface area contributed by atoms with Crippen LogP contribution in [0.3, 0.4) is 0 Å². The maximum absolute atomic E-state index is 13.3. The zero-order chi connectivity index (χ0) is 22.9. The topological polar surface area (TPSA) is 93.4 Å². The van der Waals surface area contributed by atoms with Crippen LogP contribution in [0.5, 0.6) is 0 Å². The van der Waals surface area contributed by atoms with Gasteiger partial charge in [-0.2, -0.15) is 0 Å². The van der Waals surface area contributed by atoms with E-state index in [1.54, 1.807) is 42.9 Å². The molecule has 1 aromatic heterocycles. The van der Waals surface area contributed by atoms with Gasteiger partial charge < -0.3 is 5.32 Å². The van der Waals surface area contributed by atoms with Gasteiger partial charge in [-0.3, -0.25) is 18.6 Å². The van der Waals surface area contributed by atoms with Gasteiger partial charge >= 0.3 is 0 Å². The highest BCUT2D eigenvalue weighted by Crippen LogP contribution is 2.22. The Kier molecular flexibility index (Phi) is 6.03. The molecule has 0 aliphatic carbocycles. The zero-order valence-corrected chi connectivity index (χ0v) is 18.4. The normalized spacial score (nSPS) is 12.4. The smallest absolute Gasteiger partial charge is 0.295 e. The lowest BCUT2D eigenvalue weighted by Gasteiger charge is -2.28. The molecule has 0 saturated carbocycles. The molecule has 1 amide bonds. The lowest BCUT2D eigenvalue weighted by atomic mass is 10.2. The summed E-state index contributed by atoms with van der Waals surface area (Å²) in [6, 6.07) is 12.5. The maximum Gasteiger partial charge on any atom is 0.295 e. The minimum atomic E-state index is -3.87. The van der Waals surface area contributed by atoms with Crippen molar-refractivity contribution >= 4 is 27.3 Å². The number of hydrogen-bond donors (Lipinski definition) is 1. The molecule has 164 valence electrons. The molecule has 0 aliphatic heterocycles. The van der Waals surface area contributed by atoms with E-state index in [4.69, 9.17) is 0 Å². The summed E-state index contributed by atoms with van der Waals surface area (Å²) in [7, 11) is -2.19. The molecule has 31 heavy (non-hydrogen) atoms. The van der Waals surface area contributed by atoms with Crippen molar-refractivity contribution in [1.29, 1.82) is 0 Å². The van der Waals surface area contributed by atoms with E-state index < -0.39 is 33.3 Å². The molecule has 0 spiro atoms. The second kappa shape index (κ2) is 8.38. The van der Waals surface area contributed by atoms with Crippen LogP contribution in [0.2, 0.25) is 0 Å².